The number of benzene rings is 3. The second-order valence-electron chi connectivity index (χ2n) is 6.39. The zero-order chi connectivity index (χ0) is 16.7. The van der Waals surface area contributed by atoms with E-state index in [4.69, 9.17) is 0 Å². The molecule has 0 fully saturated rings. The van der Waals surface area contributed by atoms with Gasteiger partial charge in [0.05, 0.1) is 0 Å². The molecule has 0 N–H and O–H groups in total. The first-order chi connectivity index (χ1) is 11.7. The van der Waals surface area contributed by atoms with E-state index in [9.17, 15) is 4.55 Å². The summed E-state index contributed by atoms with van der Waals surface area (Å²) in [5, 5.41) is 2.28. The van der Waals surface area contributed by atoms with Crippen LogP contribution in [0.4, 0.5) is 0 Å². The van der Waals surface area contributed by atoms with Crippen LogP contribution >= 0.6 is 15.9 Å². The van der Waals surface area contributed by atoms with Crippen molar-refractivity contribution in [3.63, 3.8) is 0 Å². The summed E-state index contributed by atoms with van der Waals surface area (Å²) in [5.41, 5.74) is 3.96. The molecule has 24 heavy (non-hydrogen) atoms. The van der Waals surface area contributed by atoms with Crippen LogP contribution in [0.3, 0.4) is 0 Å². The van der Waals surface area contributed by atoms with Crippen molar-refractivity contribution in [2.75, 3.05) is 6.26 Å². The van der Waals surface area contributed by atoms with Gasteiger partial charge in [0.1, 0.15) is 6.26 Å². The highest BCUT2D eigenvalue weighted by atomic mass is 79.9. The summed E-state index contributed by atoms with van der Waals surface area (Å²) in [5.74, 6) is 0.318. The fourth-order valence-corrected chi connectivity index (χ4v) is 5.63. The largest absolute Gasteiger partial charge is 0.612 e. The van der Waals surface area contributed by atoms with Crippen LogP contribution in [0.15, 0.2) is 65.6 Å². The Morgan fingerprint density at radius 3 is 2.38 bits per heavy atom. The Hall–Kier alpha value is -1.29. The van der Waals surface area contributed by atoms with Crippen molar-refractivity contribution < 1.29 is 4.55 Å². The second kappa shape index (κ2) is 6.55. The molecule has 3 aromatic carbocycles. The van der Waals surface area contributed by atoms with Crippen LogP contribution in [-0.2, 0) is 11.2 Å². The van der Waals surface area contributed by atoms with Crippen LogP contribution in [0.2, 0.25) is 0 Å². The molecule has 1 aliphatic carbocycles. The van der Waals surface area contributed by atoms with Gasteiger partial charge in [-0.3, -0.25) is 0 Å². The lowest BCUT2D eigenvalue weighted by Crippen LogP contribution is -2.15. The summed E-state index contributed by atoms with van der Waals surface area (Å²) in [4.78, 5) is 1.42. The van der Waals surface area contributed by atoms with Gasteiger partial charge in [-0.25, -0.2) is 0 Å². The minimum absolute atomic E-state index is 0.318. The fourth-order valence-electron chi connectivity index (χ4n) is 3.92. The van der Waals surface area contributed by atoms with E-state index in [1.54, 1.807) is 6.26 Å². The number of alkyl halides is 1. The molecule has 1 aliphatic rings. The van der Waals surface area contributed by atoms with Gasteiger partial charge in [0, 0.05) is 21.7 Å². The van der Waals surface area contributed by atoms with Gasteiger partial charge in [-0.1, -0.05) is 70.5 Å². The van der Waals surface area contributed by atoms with Crippen LogP contribution in [0.1, 0.15) is 40.3 Å². The molecular weight excluding hydrogens is 380 g/mol. The number of hydrogen-bond donors (Lipinski definition) is 0. The molecule has 3 heteroatoms. The maximum Gasteiger partial charge on any atom is 0.164 e. The normalized spacial score (nSPS) is 21.5. The summed E-state index contributed by atoms with van der Waals surface area (Å²) in [6, 6.07) is 21.3. The van der Waals surface area contributed by atoms with Crippen molar-refractivity contribution in [2.45, 2.75) is 28.5 Å². The van der Waals surface area contributed by atoms with Crippen molar-refractivity contribution in [3.05, 3.63) is 77.4 Å². The molecular formula is C21H19BrOS. The molecule has 0 saturated carbocycles. The zero-order valence-corrected chi connectivity index (χ0v) is 15.9. The minimum atomic E-state index is -1.01. The van der Waals surface area contributed by atoms with Gasteiger partial charge in [-0.05, 0) is 46.6 Å². The van der Waals surface area contributed by atoms with Crippen molar-refractivity contribution in [2.24, 2.45) is 0 Å². The first kappa shape index (κ1) is 16.2. The van der Waals surface area contributed by atoms with E-state index in [1.165, 1.54) is 16.7 Å². The third-order valence-corrected chi connectivity index (χ3v) is 6.97. The van der Waals surface area contributed by atoms with E-state index in [0.717, 1.165) is 28.5 Å². The van der Waals surface area contributed by atoms with E-state index >= 15 is 0 Å². The Morgan fingerprint density at radius 1 is 0.875 bits per heavy atom. The lowest BCUT2D eigenvalue weighted by molar-refractivity contribution is 0.588. The molecule has 0 saturated heterocycles. The number of fused-ring (bicyclic) bond motifs is 2. The van der Waals surface area contributed by atoms with E-state index in [-0.39, 0.29) is 0 Å². The highest BCUT2D eigenvalue weighted by molar-refractivity contribution is 9.09. The van der Waals surface area contributed by atoms with Crippen LogP contribution in [-0.4, -0.2) is 10.8 Å². The Bertz CT molecular complexity index is 890. The van der Waals surface area contributed by atoms with E-state index in [0.29, 0.717) is 10.7 Å². The average molecular weight is 399 g/mol. The molecule has 0 radical (unpaired) electrons. The van der Waals surface area contributed by atoms with Crippen LogP contribution in [0.5, 0.6) is 0 Å². The van der Waals surface area contributed by atoms with E-state index in [2.05, 4.69) is 64.5 Å². The topological polar surface area (TPSA) is 23.1 Å². The standard InChI is InChI=1S/C21H19BrOS/c1-24(23)21-15-7-3-2-6-14(15)10-11-19(21)17-12-13-20(22)18-9-5-4-8-16(17)18/h2-11,17,20H,12-13H2,1H3. The highest BCUT2D eigenvalue weighted by Crippen LogP contribution is 2.46. The van der Waals surface area contributed by atoms with E-state index < -0.39 is 11.2 Å². The summed E-state index contributed by atoms with van der Waals surface area (Å²) in [6.07, 6.45) is 3.98. The molecule has 0 aromatic heterocycles. The molecule has 3 atom stereocenters. The van der Waals surface area contributed by atoms with Gasteiger partial charge in [0.2, 0.25) is 0 Å². The van der Waals surface area contributed by atoms with Crippen LogP contribution in [0, 0.1) is 0 Å². The molecule has 3 aromatic rings. The molecule has 1 nitrogen and oxygen atoms in total. The van der Waals surface area contributed by atoms with Crippen molar-refractivity contribution in [3.8, 4) is 0 Å². The third-order valence-electron chi connectivity index (χ3n) is 4.99. The summed E-state index contributed by atoms with van der Waals surface area (Å²) in [6.45, 7) is 0. The Balaban J connectivity index is 1.94. The number of hydrogen-bond acceptors (Lipinski definition) is 1. The summed E-state index contributed by atoms with van der Waals surface area (Å²) < 4.78 is 12.6. The SMILES string of the molecule is C[S+]([O-])c1c(C2CCC(Br)c3ccccc32)ccc2ccccc12. The van der Waals surface area contributed by atoms with Gasteiger partial charge >= 0.3 is 0 Å². The molecule has 122 valence electrons. The second-order valence-corrected chi connectivity index (χ2v) is 8.81. The predicted octanol–water partition coefficient (Wildman–Crippen LogP) is 5.94. The maximum absolute atomic E-state index is 12.6. The smallest absolute Gasteiger partial charge is 0.164 e. The van der Waals surface area contributed by atoms with Gasteiger partial charge < -0.3 is 4.55 Å². The minimum Gasteiger partial charge on any atom is -0.612 e. The monoisotopic (exact) mass is 398 g/mol. The van der Waals surface area contributed by atoms with Crippen molar-refractivity contribution >= 4 is 37.9 Å². The Morgan fingerprint density at radius 2 is 1.58 bits per heavy atom. The maximum atomic E-state index is 12.6. The van der Waals surface area contributed by atoms with Gasteiger partial charge in [0.15, 0.2) is 4.90 Å². The lowest BCUT2D eigenvalue weighted by Gasteiger charge is -2.30. The number of rotatable bonds is 2. The summed E-state index contributed by atoms with van der Waals surface area (Å²) >= 11 is 2.80. The lowest BCUT2D eigenvalue weighted by atomic mass is 9.78. The average Bonchev–Trinajstić information content (AvgIpc) is 2.61. The van der Waals surface area contributed by atoms with Crippen molar-refractivity contribution in [1.29, 1.82) is 0 Å². The third kappa shape index (κ3) is 2.69. The quantitative estimate of drug-likeness (QED) is 0.386. The molecule has 3 unspecified atom stereocenters. The molecule has 4 rings (SSSR count). The predicted molar refractivity (Wildman–Crippen MR) is 105 cm³/mol. The first-order valence-electron chi connectivity index (χ1n) is 8.25. The molecule has 0 amide bonds. The van der Waals surface area contributed by atoms with E-state index in [1.807, 2.05) is 12.1 Å². The van der Waals surface area contributed by atoms with Crippen molar-refractivity contribution in [1.82, 2.24) is 0 Å². The molecule has 0 bridgehead atoms. The zero-order valence-electron chi connectivity index (χ0n) is 13.5. The Kier molecular flexibility index (Phi) is 4.42. The molecule has 0 aliphatic heterocycles. The summed E-state index contributed by atoms with van der Waals surface area (Å²) in [7, 11) is 0. The van der Waals surface area contributed by atoms with Crippen LogP contribution < -0.4 is 0 Å². The van der Waals surface area contributed by atoms with Gasteiger partial charge in [0.25, 0.3) is 0 Å². The fraction of sp³-hybridized carbons (Fsp3) is 0.238. The molecule has 0 spiro atoms. The highest BCUT2D eigenvalue weighted by Gasteiger charge is 2.30. The van der Waals surface area contributed by atoms with Gasteiger partial charge in [-0.2, -0.15) is 0 Å². The first-order valence-corrected chi connectivity index (χ1v) is 10.7. The Labute approximate surface area is 154 Å². The van der Waals surface area contributed by atoms with Gasteiger partial charge in [-0.15, -0.1) is 0 Å². The number of halogens is 1. The molecule has 0 heterocycles. The van der Waals surface area contributed by atoms with Crippen LogP contribution in [0.25, 0.3) is 10.8 Å².